The zero-order valence-electron chi connectivity index (χ0n) is 41.0. The molecule has 0 saturated heterocycles. The van der Waals surface area contributed by atoms with Gasteiger partial charge in [0.05, 0.1) is 43.5 Å². The highest BCUT2D eigenvalue weighted by atomic mass is 32.2. The van der Waals surface area contributed by atoms with Crippen LogP contribution in [-0.4, -0.2) is 95.5 Å². The molecule has 0 unspecified atom stereocenters. The van der Waals surface area contributed by atoms with Crippen molar-refractivity contribution >= 4 is 102 Å². The van der Waals surface area contributed by atoms with Crippen LogP contribution in [0.2, 0.25) is 0 Å². The second-order valence-corrected chi connectivity index (χ2v) is 21.1. The molecule has 6 aromatic rings. The SMILES string of the molecule is CN(C)c1ccc2c(c1)Sc1cc(N(C)C)ccc1N2.CN(C)c1ccc2c(c1)Sc1cc(N(C)C)ccc1N2C(=O)c1ccccc1.CN(C)c1ccc2nc3ccc(=[N+](C)C)cc-3sc2c1. The molecule has 10 nitrogen and oxygen atoms in total. The Labute approximate surface area is 414 Å². The van der Waals surface area contributed by atoms with Crippen LogP contribution in [0.3, 0.4) is 0 Å². The van der Waals surface area contributed by atoms with Crippen LogP contribution in [0.4, 0.5) is 51.2 Å². The van der Waals surface area contributed by atoms with Gasteiger partial charge in [-0.3, -0.25) is 9.69 Å². The molecule has 3 aliphatic heterocycles. The lowest BCUT2D eigenvalue weighted by Crippen LogP contribution is -2.28. The Kier molecular flexibility index (Phi) is 14.3. The van der Waals surface area contributed by atoms with Gasteiger partial charge in [-0.05, 0) is 109 Å². The number of fused-ring (bicyclic) bond motifs is 6. The smallest absolute Gasteiger partial charge is 0.262 e. The van der Waals surface area contributed by atoms with Gasteiger partial charge in [0.2, 0.25) is 5.36 Å². The third-order valence-electron chi connectivity index (χ3n) is 11.7. The molecule has 0 fully saturated rings. The number of aromatic nitrogens is 1. The van der Waals surface area contributed by atoms with E-state index in [-0.39, 0.29) is 5.91 Å². The summed E-state index contributed by atoms with van der Waals surface area (Å²) in [6.45, 7) is 0. The number of hydrogen-bond acceptors (Lipinski definition) is 11. The minimum absolute atomic E-state index is 0.0152. The Morgan fingerprint density at radius 2 is 0.971 bits per heavy atom. The van der Waals surface area contributed by atoms with Gasteiger partial charge in [-0.2, -0.15) is 0 Å². The molecular weight excluding hydrogens is 899 g/mol. The summed E-state index contributed by atoms with van der Waals surface area (Å²) in [5.41, 5.74) is 12.9. The van der Waals surface area contributed by atoms with E-state index >= 15 is 0 Å². The fraction of sp³-hybridized carbons (Fsp3) is 0.218. The second kappa shape index (κ2) is 20.3. The fourth-order valence-corrected chi connectivity index (χ4v) is 10.9. The van der Waals surface area contributed by atoms with Gasteiger partial charge in [-0.25, -0.2) is 9.56 Å². The Morgan fingerprint density at radius 1 is 0.515 bits per heavy atom. The van der Waals surface area contributed by atoms with E-state index in [4.69, 9.17) is 4.98 Å². The Bertz CT molecular complexity index is 3050. The minimum Gasteiger partial charge on any atom is -0.378 e. The molecule has 1 amide bonds. The van der Waals surface area contributed by atoms with Crippen molar-refractivity contribution in [3.05, 3.63) is 150 Å². The first-order valence-electron chi connectivity index (χ1n) is 22.3. The number of carbonyl (C=O) groups excluding carboxylic acids is 1. The molecule has 10 rings (SSSR count). The van der Waals surface area contributed by atoms with Crippen LogP contribution in [0.1, 0.15) is 10.4 Å². The first kappa shape index (κ1) is 47.8. The van der Waals surface area contributed by atoms with E-state index in [2.05, 4.69) is 188 Å². The van der Waals surface area contributed by atoms with Crippen molar-refractivity contribution in [2.45, 2.75) is 19.6 Å². The van der Waals surface area contributed by atoms with Crippen LogP contribution in [-0.2, 0) is 0 Å². The average Bonchev–Trinajstić information content (AvgIpc) is 3.33. The fourth-order valence-electron chi connectivity index (χ4n) is 7.65. The van der Waals surface area contributed by atoms with E-state index < -0.39 is 0 Å². The van der Waals surface area contributed by atoms with Gasteiger partial charge >= 0.3 is 0 Å². The zero-order valence-corrected chi connectivity index (χ0v) is 43.4. The molecule has 4 aliphatic rings. The van der Waals surface area contributed by atoms with Crippen molar-refractivity contribution in [2.75, 3.05) is 119 Å². The van der Waals surface area contributed by atoms with Gasteiger partial charge in [0.15, 0.2) is 0 Å². The largest absolute Gasteiger partial charge is 0.378 e. The van der Waals surface area contributed by atoms with Crippen LogP contribution in [0.5, 0.6) is 0 Å². The number of rotatable bonds is 6. The summed E-state index contributed by atoms with van der Waals surface area (Å²) in [6, 6.07) is 47.9. The predicted molar refractivity (Wildman–Crippen MR) is 295 cm³/mol. The maximum atomic E-state index is 13.5. The molecule has 0 radical (unpaired) electrons. The van der Waals surface area contributed by atoms with E-state index in [1.54, 1.807) is 23.1 Å². The summed E-state index contributed by atoms with van der Waals surface area (Å²) in [4.78, 5) is 36.5. The number of nitrogens with one attached hydrogen (secondary N) is 1. The molecular formula is C55H60N9OS3+. The van der Waals surface area contributed by atoms with Crippen LogP contribution < -0.4 is 44.6 Å². The second-order valence-electron chi connectivity index (χ2n) is 17.9. The number of anilines is 9. The topological polar surface area (TPSA) is 64.4 Å². The summed E-state index contributed by atoms with van der Waals surface area (Å²) in [5.74, 6) is -0.0152. The van der Waals surface area contributed by atoms with Crippen molar-refractivity contribution in [1.82, 2.24) is 9.56 Å². The minimum atomic E-state index is -0.0152. The highest BCUT2D eigenvalue weighted by molar-refractivity contribution is 8.00. The standard InChI is InChI=1S/C23H23N3OS.C16H19N3S.C16H18N3S/c1-24(2)17-10-12-19-21(14-17)28-22-15-18(25(3)4)11-13-20(22)26(19)23(27)16-8-6-5-7-9-16;2*1-18(2)11-5-7-13-15(9-11)20-16-10-12(19(3)4)6-8-14(16)17-13/h5-15H,1-4H3;5-10,17H,1-4H3;5-10H,1-4H3/q;;+1. The van der Waals surface area contributed by atoms with Gasteiger partial charge in [0, 0.05) is 136 Å². The summed E-state index contributed by atoms with van der Waals surface area (Å²) in [5, 5.41) is 4.72. The molecule has 0 bridgehead atoms. The maximum Gasteiger partial charge on any atom is 0.262 e. The summed E-state index contributed by atoms with van der Waals surface area (Å²) in [6.07, 6.45) is 0. The van der Waals surface area contributed by atoms with Crippen LogP contribution in [0.15, 0.2) is 159 Å². The van der Waals surface area contributed by atoms with E-state index in [0.29, 0.717) is 5.56 Å². The van der Waals surface area contributed by atoms with Gasteiger partial charge in [-0.15, -0.1) is 11.3 Å². The maximum absolute atomic E-state index is 13.5. The third kappa shape index (κ3) is 10.4. The molecule has 348 valence electrons. The van der Waals surface area contributed by atoms with E-state index in [0.717, 1.165) is 43.8 Å². The normalized spacial score (nSPS) is 11.9. The number of nitrogens with zero attached hydrogens (tertiary/aromatic N) is 8. The zero-order chi connectivity index (χ0) is 48.4. The molecule has 0 aromatic heterocycles. The molecule has 3 heterocycles. The van der Waals surface area contributed by atoms with E-state index in [1.165, 1.54) is 53.2 Å². The van der Waals surface area contributed by atoms with Gasteiger partial charge in [0.25, 0.3) is 5.91 Å². The van der Waals surface area contributed by atoms with Crippen molar-refractivity contribution in [1.29, 1.82) is 0 Å². The molecule has 68 heavy (non-hydrogen) atoms. The first-order valence-corrected chi connectivity index (χ1v) is 24.8. The number of hydrogen-bond donors (Lipinski definition) is 1. The monoisotopic (exact) mass is 958 g/mol. The first-order chi connectivity index (χ1) is 32.5. The molecule has 1 aliphatic carbocycles. The summed E-state index contributed by atoms with van der Waals surface area (Å²) >= 11 is 5.34. The Balaban J connectivity index is 0.000000141. The molecule has 0 atom stereocenters. The lowest BCUT2D eigenvalue weighted by atomic mass is 10.1. The van der Waals surface area contributed by atoms with Crippen LogP contribution in [0.25, 0.3) is 20.8 Å². The number of carbonyl (C=O) groups is 1. The van der Waals surface area contributed by atoms with Crippen molar-refractivity contribution in [2.24, 2.45) is 0 Å². The lowest BCUT2D eigenvalue weighted by Gasteiger charge is -2.32. The third-order valence-corrected chi connectivity index (χ3v) is 15.0. The van der Waals surface area contributed by atoms with Gasteiger partial charge < -0.3 is 29.8 Å². The highest BCUT2D eigenvalue weighted by Crippen LogP contribution is 2.51. The van der Waals surface area contributed by atoms with E-state index in [9.17, 15) is 4.79 Å². The van der Waals surface area contributed by atoms with Crippen molar-refractivity contribution in [3.8, 4) is 10.6 Å². The molecule has 6 aromatic carbocycles. The van der Waals surface area contributed by atoms with Crippen LogP contribution in [0, 0.1) is 0 Å². The summed E-state index contributed by atoms with van der Waals surface area (Å²) in [7, 11) is 24.6. The Morgan fingerprint density at radius 3 is 1.47 bits per heavy atom. The Hall–Kier alpha value is -6.67. The van der Waals surface area contributed by atoms with Gasteiger partial charge in [0.1, 0.15) is 14.1 Å². The van der Waals surface area contributed by atoms with E-state index in [1.807, 2.05) is 87.3 Å². The highest BCUT2D eigenvalue weighted by Gasteiger charge is 2.30. The average molecular weight is 959 g/mol. The number of amides is 1. The molecule has 0 spiro atoms. The quantitative estimate of drug-likeness (QED) is 0.129. The van der Waals surface area contributed by atoms with Crippen molar-refractivity contribution < 1.29 is 4.79 Å². The summed E-state index contributed by atoms with van der Waals surface area (Å²) < 4.78 is 3.34. The predicted octanol–water partition coefficient (Wildman–Crippen LogP) is 11.8. The molecule has 0 saturated carbocycles. The molecule has 1 N–H and O–H groups in total. The van der Waals surface area contributed by atoms with Gasteiger partial charge in [-0.1, -0.05) is 41.7 Å². The molecule has 13 heteroatoms. The number of benzene rings is 7. The van der Waals surface area contributed by atoms with Crippen LogP contribution >= 0.6 is 34.9 Å². The lowest BCUT2D eigenvalue weighted by molar-refractivity contribution is 0.0998. The van der Waals surface area contributed by atoms with Crippen molar-refractivity contribution in [3.63, 3.8) is 0 Å².